The van der Waals surface area contributed by atoms with Crippen LogP contribution in [0.4, 0.5) is 4.79 Å². The highest BCUT2D eigenvalue weighted by molar-refractivity contribution is 5.76. The summed E-state index contributed by atoms with van der Waals surface area (Å²) in [6.07, 6.45) is 5.76. The Kier molecular flexibility index (Phi) is 4.23. The lowest BCUT2D eigenvalue weighted by atomic mass is 10.2. The van der Waals surface area contributed by atoms with Gasteiger partial charge in [0.25, 0.3) is 0 Å². The van der Waals surface area contributed by atoms with Crippen molar-refractivity contribution in [3.05, 3.63) is 36.0 Å². The molecule has 4 heteroatoms. The predicted octanol–water partition coefficient (Wildman–Crippen LogP) is 2.47. The van der Waals surface area contributed by atoms with E-state index in [4.69, 9.17) is 4.74 Å². The topological polar surface area (TPSA) is 41.6 Å². The van der Waals surface area contributed by atoms with Crippen molar-refractivity contribution in [1.29, 1.82) is 0 Å². The van der Waals surface area contributed by atoms with E-state index in [1.807, 2.05) is 35.2 Å². The number of urea groups is 1. The van der Waals surface area contributed by atoms with E-state index in [0.29, 0.717) is 0 Å². The molecule has 0 spiro atoms. The lowest BCUT2D eigenvalue weighted by Gasteiger charge is -2.13. The second-order valence-corrected chi connectivity index (χ2v) is 4.25. The van der Waals surface area contributed by atoms with Gasteiger partial charge in [0.2, 0.25) is 0 Å². The Labute approximate surface area is 107 Å². The first-order chi connectivity index (χ1) is 8.79. The van der Waals surface area contributed by atoms with Gasteiger partial charge in [0, 0.05) is 19.3 Å². The molecular formula is C14H18N2O2. The van der Waals surface area contributed by atoms with Gasteiger partial charge in [-0.25, -0.2) is 4.79 Å². The average molecular weight is 246 g/mol. The minimum absolute atomic E-state index is 0.0164. The van der Waals surface area contributed by atoms with Crippen molar-refractivity contribution in [1.82, 2.24) is 10.2 Å². The number of amides is 2. The SMILES string of the molecule is COc1ccc(/C=C/NC(=O)N2CCCC2)cc1. The van der Waals surface area contributed by atoms with Crippen LogP contribution in [0.5, 0.6) is 5.75 Å². The zero-order valence-corrected chi connectivity index (χ0v) is 10.6. The first kappa shape index (κ1) is 12.5. The molecule has 0 radical (unpaired) electrons. The van der Waals surface area contributed by atoms with Crippen LogP contribution in [0.15, 0.2) is 30.5 Å². The first-order valence-corrected chi connectivity index (χ1v) is 6.15. The van der Waals surface area contributed by atoms with Gasteiger partial charge in [-0.15, -0.1) is 0 Å². The molecule has 96 valence electrons. The highest BCUT2D eigenvalue weighted by Crippen LogP contribution is 2.12. The van der Waals surface area contributed by atoms with E-state index in [9.17, 15) is 4.79 Å². The van der Waals surface area contributed by atoms with Gasteiger partial charge in [0.15, 0.2) is 0 Å². The van der Waals surface area contributed by atoms with Gasteiger partial charge < -0.3 is 15.0 Å². The number of ether oxygens (including phenoxy) is 1. The number of carbonyl (C=O) groups is 1. The molecule has 0 aliphatic carbocycles. The summed E-state index contributed by atoms with van der Waals surface area (Å²) in [5.41, 5.74) is 1.03. The predicted molar refractivity (Wildman–Crippen MR) is 71.4 cm³/mol. The fraction of sp³-hybridized carbons (Fsp3) is 0.357. The van der Waals surface area contributed by atoms with Gasteiger partial charge in [-0.3, -0.25) is 0 Å². The molecule has 1 aromatic rings. The zero-order valence-electron chi connectivity index (χ0n) is 10.6. The van der Waals surface area contributed by atoms with Crippen LogP contribution in [0, 0.1) is 0 Å². The Morgan fingerprint density at radius 3 is 2.56 bits per heavy atom. The number of hydrogen-bond donors (Lipinski definition) is 1. The van der Waals surface area contributed by atoms with Crippen molar-refractivity contribution in [2.45, 2.75) is 12.8 Å². The monoisotopic (exact) mass is 246 g/mol. The molecule has 1 aliphatic rings. The minimum atomic E-state index is -0.0164. The maximum atomic E-state index is 11.7. The third kappa shape index (κ3) is 3.26. The molecule has 1 N–H and O–H groups in total. The molecule has 1 saturated heterocycles. The Balaban J connectivity index is 1.84. The number of methoxy groups -OCH3 is 1. The summed E-state index contributed by atoms with van der Waals surface area (Å²) in [5.74, 6) is 0.827. The molecule has 18 heavy (non-hydrogen) atoms. The molecule has 0 aromatic heterocycles. The standard InChI is InChI=1S/C14H18N2O2/c1-18-13-6-4-12(5-7-13)8-9-15-14(17)16-10-2-3-11-16/h4-9H,2-3,10-11H2,1H3,(H,15,17)/b9-8+. The maximum absolute atomic E-state index is 11.7. The molecule has 2 amide bonds. The van der Waals surface area contributed by atoms with E-state index in [0.717, 1.165) is 37.2 Å². The quantitative estimate of drug-likeness (QED) is 0.890. The van der Waals surface area contributed by atoms with Crippen LogP contribution in [-0.4, -0.2) is 31.1 Å². The number of nitrogens with one attached hydrogen (secondary N) is 1. The highest BCUT2D eigenvalue weighted by Gasteiger charge is 2.16. The normalized spacial score (nSPS) is 15.1. The Hall–Kier alpha value is -1.97. The van der Waals surface area contributed by atoms with Crippen molar-refractivity contribution in [2.24, 2.45) is 0 Å². The van der Waals surface area contributed by atoms with E-state index in [1.54, 1.807) is 13.3 Å². The van der Waals surface area contributed by atoms with Crippen LogP contribution < -0.4 is 10.1 Å². The molecule has 0 saturated carbocycles. The molecule has 0 bridgehead atoms. The summed E-state index contributed by atoms with van der Waals surface area (Å²) < 4.78 is 5.08. The van der Waals surface area contributed by atoms with Gasteiger partial charge in [-0.1, -0.05) is 12.1 Å². The summed E-state index contributed by atoms with van der Waals surface area (Å²) in [4.78, 5) is 13.5. The maximum Gasteiger partial charge on any atom is 0.321 e. The third-order valence-electron chi connectivity index (χ3n) is 2.99. The number of rotatable bonds is 3. The zero-order chi connectivity index (χ0) is 12.8. The lowest BCUT2D eigenvalue weighted by Crippen LogP contribution is -2.34. The number of nitrogens with zero attached hydrogens (tertiary/aromatic N) is 1. The summed E-state index contributed by atoms with van der Waals surface area (Å²) >= 11 is 0. The van der Waals surface area contributed by atoms with Crippen molar-refractivity contribution < 1.29 is 9.53 Å². The van der Waals surface area contributed by atoms with Crippen molar-refractivity contribution >= 4 is 12.1 Å². The van der Waals surface area contributed by atoms with E-state index >= 15 is 0 Å². The van der Waals surface area contributed by atoms with Crippen LogP contribution in [0.25, 0.3) is 6.08 Å². The fourth-order valence-electron chi connectivity index (χ4n) is 1.94. The van der Waals surface area contributed by atoms with Crippen molar-refractivity contribution in [3.8, 4) is 5.75 Å². The first-order valence-electron chi connectivity index (χ1n) is 6.15. The van der Waals surface area contributed by atoms with Crippen LogP contribution >= 0.6 is 0 Å². The Morgan fingerprint density at radius 2 is 1.94 bits per heavy atom. The Morgan fingerprint density at radius 1 is 1.28 bits per heavy atom. The molecule has 0 unspecified atom stereocenters. The summed E-state index contributed by atoms with van der Waals surface area (Å²) in [6, 6.07) is 7.65. The lowest BCUT2D eigenvalue weighted by molar-refractivity contribution is 0.212. The van der Waals surface area contributed by atoms with Crippen LogP contribution in [0.2, 0.25) is 0 Å². The number of carbonyl (C=O) groups excluding carboxylic acids is 1. The van der Waals surface area contributed by atoms with Crippen molar-refractivity contribution in [3.63, 3.8) is 0 Å². The highest BCUT2D eigenvalue weighted by atomic mass is 16.5. The Bertz CT molecular complexity index is 420. The molecule has 1 heterocycles. The molecule has 4 nitrogen and oxygen atoms in total. The van der Waals surface area contributed by atoms with Gasteiger partial charge in [0.05, 0.1) is 7.11 Å². The van der Waals surface area contributed by atoms with Crippen LogP contribution in [0.1, 0.15) is 18.4 Å². The van der Waals surface area contributed by atoms with Crippen molar-refractivity contribution in [2.75, 3.05) is 20.2 Å². The fourth-order valence-corrected chi connectivity index (χ4v) is 1.94. The largest absolute Gasteiger partial charge is 0.497 e. The van der Waals surface area contributed by atoms with Gasteiger partial charge in [0.1, 0.15) is 5.75 Å². The number of benzene rings is 1. The molecule has 1 aliphatic heterocycles. The van der Waals surface area contributed by atoms with E-state index in [-0.39, 0.29) is 6.03 Å². The van der Waals surface area contributed by atoms with E-state index in [2.05, 4.69) is 5.32 Å². The average Bonchev–Trinajstić information content (AvgIpc) is 2.93. The molecular weight excluding hydrogens is 228 g/mol. The van der Waals surface area contributed by atoms with E-state index < -0.39 is 0 Å². The smallest absolute Gasteiger partial charge is 0.321 e. The third-order valence-corrected chi connectivity index (χ3v) is 2.99. The van der Waals surface area contributed by atoms with Gasteiger partial charge >= 0.3 is 6.03 Å². The van der Waals surface area contributed by atoms with E-state index in [1.165, 1.54) is 0 Å². The molecule has 2 rings (SSSR count). The summed E-state index contributed by atoms with van der Waals surface area (Å²) in [7, 11) is 1.64. The van der Waals surface area contributed by atoms with Gasteiger partial charge in [-0.2, -0.15) is 0 Å². The number of likely N-dealkylation sites (tertiary alicyclic amines) is 1. The van der Waals surface area contributed by atoms with Crippen LogP contribution in [0.3, 0.4) is 0 Å². The minimum Gasteiger partial charge on any atom is -0.497 e. The molecule has 0 atom stereocenters. The number of hydrogen-bond acceptors (Lipinski definition) is 2. The summed E-state index contributed by atoms with van der Waals surface area (Å²) in [5, 5.41) is 2.78. The molecule has 1 fully saturated rings. The second kappa shape index (κ2) is 6.10. The van der Waals surface area contributed by atoms with Crippen LogP contribution in [-0.2, 0) is 0 Å². The molecule has 1 aromatic carbocycles. The second-order valence-electron chi connectivity index (χ2n) is 4.25. The van der Waals surface area contributed by atoms with Gasteiger partial charge in [-0.05, 0) is 36.6 Å². The summed E-state index contributed by atoms with van der Waals surface area (Å²) in [6.45, 7) is 1.73.